The van der Waals surface area contributed by atoms with E-state index < -0.39 is 21.2 Å². The van der Waals surface area contributed by atoms with E-state index in [0.29, 0.717) is 38.0 Å². The number of anilines is 1. The number of aromatic nitrogens is 2. The van der Waals surface area contributed by atoms with Gasteiger partial charge in [0.2, 0.25) is 5.91 Å². The van der Waals surface area contributed by atoms with Crippen LogP contribution >= 0.6 is 0 Å². The van der Waals surface area contributed by atoms with E-state index in [-0.39, 0.29) is 34.8 Å². The molecule has 6 rings (SSSR count). The maximum atomic E-state index is 13.9. The minimum atomic E-state index is -3.00. The first-order chi connectivity index (χ1) is 20.2. The van der Waals surface area contributed by atoms with Gasteiger partial charge in [-0.3, -0.25) is 4.79 Å². The van der Waals surface area contributed by atoms with Gasteiger partial charge < -0.3 is 10.2 Å². The van der Waals surface area contributed by atoms with Gasteiger partial charge >= 0.3 is 0 Å². The Hall–Kier alpha value is -4.22. The van der Waals surface area contributed by atoms with Crippen LogP contribution < -0.4 is 10.2 Å². The van der Waals surface area contributed by atoms with Gasteiger partial charge in [0.1, 0.15) is 17.4 Å². The van der Waals surface area contributed by atoms with Crippen LogP contribution in [-0.2, 0) is 14.6 Å². The highest BCUT2D eigenvalue weighted by molar-refractivity contribution is 7.91. The second-order valence-electron chi connectivity index (χ2n) is 11.5. The number of carbonyl (C=O) groups excluding carboxylic acids is 1. The maximum absolute atomic E-state index is 13.9. The number of nitrogens with one attached hydrogen (secondary N) is 1. The molecule has 1 aromatic heterocycles. The minimum Gasteiger partial charge on any atom is -0.369 e. The minimum absolute atomic E-state index is 0.128. The van der Waals surface area contributed by atoms with Crippen LogP contribution in [-0.4, -0.2) is 54.2 Å². The lowest BCUT2D eigenvalue weighted by Crippen LogP contribution is -2.42. The summed E-state index contributed by atoms with van der Waals surface area (Å²) in [6.07, 6.45) is 6.40. The molecule has 3 fully saturated rings. The molecule has 2 heterocycles. The Balaban J connectivity index is 1.38. The van der Waals surface area contributed by atoms with Gasteiger partial charge in [0, 0.05) is 42.4 Å². The molecule has 2 unspecified atom stereocenters. The fourth-order valence-corrected chi connectivity index (χ4v) is 7.32. The first-order valence-corrected chi connectivity index (χ1v) is 16.1. The Bertz CT molecular complexity index is 1700. The molecule has 1 saturated heterocycles. The normalized spacial score (nSPS) is 22.5. The molecule has 1 N–H and O–H groups in total. The van der Waals surface area contributed by atoms with Crippen LogP contribution in [0.1, 0.15) is 55.7 Å². The summed E-state index contributed by atoms with van der Waals surface area (Å²) in [6.45, 7) is 0.880. The highest BCUT2D eigenvalue weighted by Gasteiger charge is 2.47. The van der Waals surface area contributed by atoms with Crippen LogP contribution in [0.2, 0.25) is 0 Å². The van der Waals surface area contributed by atoms with E-state index in [9.17, 15) is 28.1 Å². The lowest BCUT2D eigenvalue weighted by molar-refractivity contribution is -0.127. The van der Waals surface area contributed by atoms with E-state index >= 15 is 0 Å². The molecule has 42 heavy (non-hydrogen) atoms. The summed E-state index contributed by atoms with van der Waals surface area (Å²) in [6, 6.07) is 16.1. The van der Waals surface area contributed by atoms with E-state index in [1.165, 1.54) is 18.2 Å². The van der Waals surface area contributed by atoms with Crippen molar-refractivity contribution in [1.29, 1.82) is 10.5 Å². The molecule has 2 aliphatic carbocycles. The Kier molecular flexibility index (Phi) is 7.24. The molecule has 0 spiro atoms. The van der Waals surface area contributed by atoms with Gasteiger partial charge in [-0.05, 0) is 61.6 Å². The van der Waals surface area contributed by atoms with E-state index in [2.05, 4.69) is 22.4 Å². The van der Waals surface area contributed by atoms with Gasteiger partial charge in [0.05, 0.1) is 34.5 Å². The summed E-state index contributed by atoms with van der Waals surface area (Å²) in [5, 5.41) is 27.2. The van der Waals surface area contributed by atoms with Crippen molar-refractivity contribution in [3.05, 3.63) is 65.7 Å². The van der Waals surface area contributed by atoms with E-state index in [1.807, 2.05) is 30.5 Å². The van der Waals surface area contributed by atoms with Crippen LogP contribution in [0.5, 0.6) is 0 Å². The number of nitriles is 2. The number of benzene rings is 2. The average molecular weight is 587 g/mol. The van der Waals surface area contributed by atoms with Crippen molar-refractivity contribution in [2.24, 2.45) is 5.92 Å². The summed E-state index contributed by atoms with van der Waals surface area (Å²) in [5.74, 6) is -0.952. The molecule has 9 nitrogen and oxygen atoms in total. The standard InChI is InChI=1S/C31H31FN6O3S/c32-23-7-10-28(22(17-23)18-33)38-19-27(21-5-8-24(9-6-21)37-13-15-42(40,41)16-14-37)29(36-38)25-3-1-2-4-26(25)30(39)35-31(20-34)11-12-31/h5-10,17,19,25-26H,1-4,11-16H2,(H,35,39). The van der Waals surface area contributed by atoms with Crippen molar-refractivity contribution in [1.82, 2.24) is 15.1 Å². The Morgan fingerprint density at radius 3 is 2.43 bits per heavy atom. The molecule has 2 saturated carbocycles. The van der Waals surface area contributed by atoms with Gasteiger partial charge in [-0.2, -0.15) is 15.6 Å². The Morgan fingerprint density at radius 2 is 1.76 bits per heavy atom. The van der Waals surface area contributed by atoms with Crippen molar-refractivity contribution in [3.8, 4) is 29.0 Å². The van der Waals surface area contributed by atoms with Crippen LogP contribution in [0.25, 0.3) is 16.8 Å². The fourth-order valence-electron chi connectivity index (χ4n) is 6.12. The third-order valence-corrected chi connectivity index (χ3v) is 10.3. The van der Waals surface area contributed by atoms with E-state index in [0.717, 1.165) is 41.8 Å². The molecule has 0 bridgehead atoms. The van der Waals surface area contributed by atoms with Gasteiger partial charge in [0.25, 0.3) is 0 Å². The lowest BCUT2D eigenvalue weighted by atomic mass is 9.75. The Morgan fingerprint density at radius 1 is 1.05 bits per heavy atom. The molecular weight excluding hydrogens is 555 g/mol. The van der Waals surface area contributed by atoms with Crippen molar-refractivity contribution >= 4 is 21.4 Å². The summed E-state index contributed by atoms with van der Waals surface area (Å²) in [5.41, 5.74) is 3.15. The quantitative estimate of drug-likeness (QED) is 0.457. The Labute approximate surface area is 244 Å². The van der Waals surface area contributed by atoms with Gasteiger partial charge in [-0.15, -0.1) is 0 Å². The van der Waals surface area contributed by atoms with Gasteiger partial charge in [-0.1, -0.05) is 25.0 Å². The summed E-state index contributed by atoms with van der Waals surface area (Å²) < 4.78 is 39.3. The monoisotopic (exact) mass is 586 g/mol. The number of sulfone groups is 1. The number of rotatable bonds is 6. The number of carbonyl (C=O) groups is 1. The average Bonchev–Trinajstić information content (AvgIpc) is 3.64. The third-order valence-electron chi connectivity index (χ3n) is 8.74. The topological polar surface area (TPSA) is 132 Å². The van der Waals surface area contributed by atoms with Crippen LogP contribution in [0, 0.1) is 34.4 Å². The first-order valence-electron chi connectivity index (χ1n) is 14.3. The van der Waals surface area contributed by atoms with Crippen LogP contribution in [0.15, 0.2) is 48.7 Å². The lowest BCUT2D eigenvalue weighted by Gasteiger charge is -2.31. The van der Waals surface area contributed by atoms with Crippen molar-refractivity contribution in [2.45, 2.75) is 50.0 Å². The molecule has 0 radical (unpaired) electrons. The van der Waals surface area contributed by atoms with Crippen LogP contribution in [0.3, 0.4) is 0 Å². The molecular formula is C31H31FN6O3S. The molecule has 11 heteroatoms. The zero-order chi connectivity index (χ0) is 29.5. The van der Waals surface area contributed by atoms with Crippen molar-refractivity contribution in [2.75, 3.05) is 29.5 Å². The maximum Gasteiger partial charge on any atom is 0.225 e. The smallest absolute Gasteiger partial charge is 0.225 e. The van der Waals surface area contributed by atoms with Crippen LogP contribution in [0.4, 0.5) is 10.1 Å². The van der Waals surface area contributed by atoms with Crippen molar-refractivity contribution in [3.63, 3.8) is 0 Å². The molecule has 1 amide bonds. The molecule has 2 atom stereocenters. The predicted octanol–water partition coefficient (Wildman–Crippen LogP) is 4.23. The molecule has 2 aromatic carbocycles. The molecule has 216 valence electrons. The van der Waals surface area contributed by atoms with Gasteiger partial charge in [-0.25, -0.2) is 17.5 Å². The van der Waals surface area contributed by atoms with Crippen molar-refractivity contribution < 1.29 is 17.6 Å². The predicted molar refractivity (Wildman–Crippen MR) is 155 cm³/mol. The second kappa shape index (κ2) is 10.9. The first kappa shape index (κ1) is 27.9. The zero-order valence-corrected chi connectivity index (χ0v) is 23.9. The SMILES string of the molecule is N#Cc1cc(F)ccc1-n1cc(-c2ccc(N3CCS(=O)(=O)CC3)cc2)c(C2CCCCC2C(=O)NC2(C#N)CC2)n1. The molecule has 3 aliphatic rings. The second-order valence-corrected chi connectivity index (χ2v) is 13.8. The third kappa shape index (κ3) is 5.49. The number of hydrogen-bond acceptors (Lipinski definition) is 7. The summed E-state index contributed by atoms with van der Waals surface area (Å²) >= 11 is 0. The summed E-state index contributed by atoms with van der Waals surface area (Å²) in [4.78, 5) is 15.5. The van der Waals surface area contributed by atoms with E-state index in [1.54, 1.807) is 4.68 Å². The number of nitrogens with zero attached hydrogens (tertiary/aromatic N) is 5. The number of hydrogen-bond donors (Lipinski definition) is 1. The fraction of sp³-hybridized carbons (Fsp3) is 0.419. The molecule has 1 aliphatic heterocycles. The van der Waals surface area contributed by atoms with E-state index in [4.69, 9.17) is 5.10 Å². The molecule has 3 aromatic rings. The highest BCUT2D eigenvalue weighted by Crippen LogP contribution is 2.43. The summed E-state index contributed by atoms with van der Waals surface area (Å²) in [7, 11) is -3.00. The zero-order valence-electron chi connectivity index (χ0n) is 23.1. The number of amides is 1. The largest absolute Gasteiger partial charge is 0.369 e. The van der Waals surface area contributed by atoms with Gasteiger partial charge in [0.15, 0.2) is 9.84 Å². The number of halogens is 1. The highest BCUT2D eigenvalue weighted by atomic mass is 32.2.